The van der Waals surface area contributed by atoms with Gasteiger partial charge in [0.1, 0.15) is 5.75 Å². The fourth-order valence-corrected chi connectivity index (χ4v) is 3.05. The van der Waals surface area contributed by atoms with Gasteiger partial charge in [-0.3, -0.25) is 0 Å². The van der Waals surface area contributed by atoms with E-state index >= 15 is 0 Å². The second-order valence-electron chi connectivity index (χ2n) is 5.10. The maximum Gasteiger partial charge on any atom is 0.119 e. The van der Waals surface area contributed by atoms with E-state index in [2.05, 4.69) is 50.2 Å². The highest BCUT2D eigenvalue weighted by Crippen LogP contribution is 2.26. The van der Waals surface area contributed by atoms with Gasteiger partial charge < -0.3 is 10.5 Å². The van der Waals surface area contributed by atoms with Crippen LogP contribution in [0.4, 0.5) is 0 Å². The summed E-state index contributed by atoms with van der Waals surface area (Å²) in [6.45, 7) is 5.00. The van der Waals surface area contributed by atoms with E-state index in [1.54, 1.807) is 0 Å². The first kappa shape index (κ1) is 15.9. The molecule has 2 nitrogen and oxygen atoms in total. The maximum absolute atomic E-state index is 6.28. The molecule has 0 bridgehead atoms. The molecule has 2 aromatic rings. The highest BCUT2D eigenvalue weighted by molar-refractivity contribution is 7.99. The molecule has 1 unspecified atom stereocenters. The van der Waals surface area contributed by atoms with Gasteiger partial charge in [0.15, 0.2) is 0 Å². The minimum absolute atomic E-state index is 0.0369. The Bertz CT molecular complexity index is 553. The summed E-state index contributed by atoms with van der Waals surface area (Å²) in [4.78, 5) is 1.30. The molecule has 0 fully saturated rings. The van der Waals surface area contributed by atoms with Crippen molar-refractivity contribution in [3.8, 4) is 5.75 Å². The highest BCUT2D eigenvalue weighted by Gasteiger charge is 2.08. The summed E-state index contributed by atoms with van der Waals surface area (Å²) in [5.41, 5.74) is 8.74. The van der Waals surface area contributed by atoms with E-state index < -0.39 is 0 Å². The van der Waals surface area contributed by atoms with Crippen molar-refractivity contribution in [1.29, 1.82) is 0 Å². The van der Waals surface area contributed by atoms with Gasteiger partial charge in [-0.25, -0.2) is 0 Å². The van der Waals surface area contributed by atoms with E-state index in [-0.39, 0.29) is 6.04 Å². The quantitative estimate of drug-likeness (QED) is 0.760. The van der Waals surface area contributed by atoms with E-state index in [0.29, 0.717) is 0 Å². The van der Waals surface area contributed by atoms with Crippen molar-refractivity contribution >= 4 is 11.8 Å². The van der Waals surface area contributed by atoms with Gasteiger partial charge in [-0.15, -0.1) is 11.8 Å². The Hall–Kier alpha value is -1.45. The van der Waals surface area contributed by atoms with Crippen LogP contribution in [0.2, 0.25) is 0 Å². The molecule has 0 aromatic heterocycles. The third-order valence-electron chi connectivity index (χ3n) is 3.29. The van der Waals surface area contributed by atoms with E-state index in [0.717, 1.165) is 30.1 Å². The molecule has 0 aliphatic rings. The summed E-state index contributed by atoms with van der Waals surface area (Å²) in [6.07, 6.45) is 1.02. The average Bonchev–Trinajstić information content (AvgIpc) is 2.52. The maximum atomic E-state index is 6.28. The number of benzene rings is 2. The number of hydrogen-bond donors (Lipinski definition) is 1. The number of thioether (sulfide) groups is 1. The third kappa shape index (κ3) is 4.80. The molecular formula is C18H23NOS. The van der Waals surface area contributed by atoms with Crippen molar-refractivity contribution in [2.75, 3.05) is 12.4 Å². The summed E-state index contributed by atoms with van der Waals surface area (Å²) in [5, 5.41) is 0. The Kier molecular flexibility index (Phi) is 6.15. The highest BCUT2D eigenvalue weighted by atomic mass is 32.2. The molecule has 1 atom stereocenters. The van der Waals surface area contributed by atoms with E-state index in [1.807, 2.05) is 23.9 Å². The molecule has 21 heavy (non-hydrogen) atoms. The topological polar surface area (TPSA) is 35.2 Å². The van der Waals surface area contributed by atoms with Crippen molar-refractivity contribution in [2.24, 2.45) is 5.73 Å². The van der Waals surface area contributed by atoms with Gasteiger partial charge in [-0.1, -0.05) is 37.3 Å². The number of rotatable bonds is 7. The summed E-state index contributed by atoms with van der Waals surface area (Å²) >= 11 is 1.81. The Morgan fingerprint density at radius 1 is 1.10 bits per heavy atom. The molecule has 2 aromatic carbocycles. The SMILES string of the molecule is CCCOc1ccc(C(N)CSc2ccccc2C)cc1. The predicted octanol–water partition coefficient (Wildman–Crippen LogP) is 4.58. The van der Waals surface area contributed by atoms with Crippen LogP contribution in [0.25, 0.3) is 0 Å². The van der Waals surface area contributed by atoms with Crippen LogP contribution in [0.1, 0.15) is 30.5 Å². The standard InChI is InChI=1S/C18H23NOS/c1-3-12-20-16-10-8-15(9-11-16)17(19)13-21-18-7-5-4-6-14(18)2/h4-11,17H,3,12-13,19H2,1-2H3. The molecule has 0 amide bonds. The summed E-state index contributed by atoms with van der Waals surface area (Å²) in [6, 6.07) is 16.6. The van der Waals surface area contributed by atoms with E-state index in [1.165, 1.54) is 10.5 Å². The molecule has 3 heteroatoms. The van der Waals surface area contributed by atoms with Crippen LogP contribution in [-0.2, 0) is 0 Å². The molecule has 2 rings (SSSR count). The van der Waals surface area contributed by atoms with Crippen LogP contribution >= 0.6 is 11.8 Å². The summed E-state index contributed by atoms with van der Waals surface area (Å²) in [7, 11) is 0. The molecule has 0 aliphatic carbocycles. The monoisotopic (exact) mass is 301 g/mol. The molecule has 2 N–H and O–H groups in total. The first-order chi connectivity index (χ1) is 10.2. The normalized spacial score (nSPS) is 12.1. The van der Waals surface area contributed by atoms with Crippen LogP contribution < -0.4 is 10.5 Å². The van der Waals surface area contributed by atoms with Gasteiger partial charge in [0.25, 0.3) is 0 Å². The second kappa shape index (κ2) is 8.11. The van der Waals surface area contributed by atoms with Crippen LogP contribution in [0.15, 0.2) is 53.4 Å². The van der Waals surface area contributed by atoms with E-state index in [9.17, 15) is 0 Å². The lowest BCUT2D eigenvalue weighted by Gasteiger charge is -2.13. The van der Waals surface area contributed by atoms with Crippen molar-refractivity contribution in [1.82, 2.24) is 0 Å². The Morgan fingerprint density at radius 3 is 2.48 bits per heavy atom. The zero-order valence-electron chi connectivity index (χ0n) is 12.7. The minimum Gasteiger partial charge on any atom is -0.494 e. The van der Waals surface area contributed by atoms with Crippen LogP contribution in [0, 0.1) is 6.92 Å². The lowest BCUT2D eigenvalue weighted by atomic mass is 10.1. The van der Waals surface area contributed by atoms with Crippen molar-refractivity contribution in [3.05, 3.63) is 59.7 Å². The summed E-state index contributed by atoms with van der Waals surface area (Å²) < 4.78 is 5.59. The smallest absolute Gasteiger partial charge is 0.119 e. The molecule has 112 valence electrons. The Morgan fingerprint density at radius 2 is 1.81 bits per heavy atom. The largest absolute Gasteiger partial charge is 0.494 e. The minimum atomic E-state index is 0.0369. The average molecular weight is 301 g/mol. The fourth-order valence-electron chi connectivity index (χ4n) is 2.03. The lowest BCUT2D eigenvalue weighted by Crippen LogP contribution is -2.13. The van der Waals surface area contributed by atoms with Crippen LogP contribution in [0.3, 0.4) is 0 Å². The van der Waals surface area contributed by atoms with Gasteiger partial charge >= 0.3 is 0 Å². The second-order valence-corrected chi connectivity index (χ2v) is 6.16. The summed E-state index contributed by atoms with van der Waals surface area (Å²) in [5.74, 6) is 1.79. The predicted molar refractivity (Wildman–Crippen MR) is 91.1 cm³/mol. The molecule has 0 aliphatic heterocycles. The number of hydrogen-bond acceptors (Lipinski definition) is 3. The van der Waals surface area contributed by atoms with Gasteiger partial charge in [0, 0.05) is 16.7 Å². The zero-order valence-corrected chi connectivity index (χ0v) is 13.5. The number of aryl methyl sites for hydroxylation is 1. The molecule has 0 spiro atoms. The van der Waals surface area contributed by atoms with Gasteiger partial charge in [0.05, 0.1) is 6.61 Å². The Balaban J connectivity index is 1.91. The third-order valence-corrected chi connectivity index (χ3v) is 4.59. The lowest BCUT2D eigenvalue weighted by molar-refractivity contribution is 0.317. The van der Waals surface area contributed by atoms with Gasteiger partial charge in [-0.2, -0.15) is 0 Å². The first-order valence-electron chi connectivity index (χ1n) is 7.37. The molecular weight excluding hydrogens is 278 g/mol. The van der Waals surface area contributed by atoms with Crippen molar-refractivity contribution in [3.63, 3.8) is 0 Å². The molecule has 0 radical (unpaired) electrons. The van der Waals surface area contributed by atoms with E-state index in [4.69, 9.17) is 10.5 Å². The fraction of sp³-hybridized carbons (Fsp3) is 0.333. The molecule has 0 saturated carbocycles. The Labute approximate surface area is 131 Å². The van der Waals surface area contributed by atoms with Crippen LogP contribution in [0.5, 0.6) is 5.75 Å². The van der Waals surface area contributed by atoms with Crippen molar-refractivity contribution in [2.45, 2.75) is 31.2 Å². The number of ether oxygens (including phenoxy) is 1. The molecule has 0 saturated heterocycles. The zero-order chi connectivity index (χ0) is 15.1. The van der Waals surface area contributed by atoms with Gasteiger partial charge in [-0.05, 0) is 42.7 Å². The van der Waals surface area contributed by atoms with Crippen molar-refractivity contribution < 1.29 is 4.74 Å². The molecule has 0 heterocycles. The van der Waals surface area contributed by atoms with Gasteiger partial charge in [0.2, 0.25) is 0 Å². The first-order valence-corrected chi connectivity index (χ1v) is 8.36. The number of nitrogens with two attached hydrogens (primary N) is 1. The van der Waals surface area contributed by atoms with Crippen LogP contribution in [-0.4, -0.2) is 12.4 Å².